The van der Waals surface area contributed by atoms with Gasteiger partial charge in [0.05, 0.1) is 5.29 Å². The lowest BCUT2D eigenvalue weighted by molar-refractivity contribution is -0.00848. The van der Waals surface area contributed by atoms with Gasteiger partial charge in [-0.1, -0.05) is 0 Å². The minimum absolute atomic E-state index is 0.0354. The van der Waals surface area contributed by atoms with Crippen LogP contribution in [0.15, 0.2) is 5.29 Å². The van der Waals surface area contributed by atoms with Crippen LogP contribution in [0.25, 0.3) is 0 Å². The van der Waals surface area contributed by atoms with Crippen molar-refractivity contribution in [2.45, 2.75) is 26.3 Å². The molecular weight excluding hydrogens is 160 g/mol. The Hall–Kier alpha value is -0.720. The molecule has 2 N–H and O–H groups in total. The van der Waals surface area contributed by atoms with Crippen molar-refractivity contribution in [2.24, 2.45) is 11.0 Å². The molecule has 0 aliphatic rings. The fourth-order valence-corrected chi connectivity index (χ4v) is 0.841. The summed E-state index contributed by atoms with van der Waals surface area (Å²) < 4.78 is 0. The molecule has 0 atom stereocenters. The number of nitroso groups, excluding NO2 is 1. The summed E-state index contributed by atoms with van der Waals surface area (Å²) in [5.41, 5.74) is 5.26. The number of hydrogen-bond acceptors (Lipinski definition) is 5. The standard InChI is InChI=1S/C6H15N4O2/c1-6(2)9(5-3-4-7)10(12)8-11/h6H,3-5,7H2,1-2H3/q-1. The van der Waals surface area contributed by atoms with Crippen LogP contribution >= 0.6 is 0 Å². The molecule has 0 saturated carbocycles. The zero-order chi connectivity index (χ0) is 9.56. The van der Waals surface area contributed by atoms with Crippen molar-refractivity contribution in [3.8, 4) is 0 Å². The number of nitrogens with two attached hydrogens (primary N) is 1. The van der Waals surface area contributed by atoms with Crippen LogP contribution < -0.4 is 5.73 Å². The Morgan fingerprint density at radius 3 is 2.50 bits per heavy atom. The van der Waals surface area contributed by atoms with E-state index in [0.29, 0.717) is 19.5 Å². The first-order valence-corrected chi connectivity index (χ1v) is 3.90. The highest BCUT2D eigenvalue weighted by Crippen LogP contribution is 2.03. The minimum atomic E-state index is -0.0354. The first-order chi connectivity index (χ1) is 5.63. The zero-order valence-electron chi connectivity index (χ0n) is 7.43. The second-order valence-corrected chi connectivity index (χ2v) is 2.73. The molecule has 0 bridgehead atoms. The summed E-state index contributed by atoms with van der Waals surface area (Å²) in [5.74, 6) is 0. The molecule has 0 fully saturated rings. The molecule has 0 aromatic heterocycles. The van der Waals surface area contributed by atoms with Gasteiger partial charge in [0, 0.05) is 12.6 Å². The molecule has 0 saturated heterocycles. The van der Waals surface area contributed by atoms with Crippen LogP contribution in [-0.4, -0.2) is 29.4 Å². The van der Waals surface area contributed by atoms with Gasteiger partial charge in [0.25, 0.3) is 0 Å². The van der Waals surface area contributed by atoms with Gasteiger partial charge in [-0.2, -0.15) is 0 Å². The van der Waals surface area contributed by atoms with E-state index in [0.717, 1.165) is 0 Å². The Bertz CT molecular complexity index is 131. The van der Waals surface area contributed by atoms with Gasteiger partial charge in [-0.3, -0.25) is 5.28 Å². The number of hydrogen-bond donors (Lipinski definition) is 1. The molecule has 72 valence electrons. The quantitative estimate of drug-likeness (QED) is 0.467. The van der Waals surface area contributed by atoms with E-state index < -0.39 is 0 Å². The van der Waals surface area contributed by atoms with Gasteiger partial charge in [0.2, 0.25) is 0 Å². The molecule has 0 unspecified atom stereocenters. The van der Waals surface area contributed by atoms with Gasteiger partial charge in [-0.25, -0.2) is 5.01 Å². The highest BCUT2D eigenvalue weighted by molar-refractivity contribution is 4.60. The van der Waals surface area contributed by atoms with Gasteiger partial charge < -0.3 is 10.9 Å². The lowest BCUT2D eigenvalue weighted by Crippen LogP contribution is -2.41. The van der Waals surface area contributed by atoms with Gasteiger partial charge in [-0.15, -0.1) is 4.91 Å². The third-order valence-corrected chi connectivity index (χ3v) is 1.48. The smallest absolute Gasteiger partial charge is 0.0579 e. The number of nitrogens with zero attached hydrogens (tertiary/aromatic N) is 3. The van der Waals surface area contributed by atoms with Gasteiger partial charge in [0.15, 0.2) is 0 Å². The first-order valence-electron chi connectivity index (χ1n) is 3.90. The van der Waals surface area contributed by atoms with E-state index in [9.17, 15) is 10.1 Å². The SMILES string of the molecule is CC(C)N(CCCN)N([O-])N=O. The van der Waals surface area contributed by atoms with Crippen LogP contribution in [0.2, 0.25) is 0 Å². The Kier molecular flexibility index (Phi) is 5.52. The van der Waals surface area contributed by atoms with Gasteiger partial charge in [0.1, 0.15) is 0 Å². The predicted octanol–water partition coefficient (Wildman–Crippen LogP) is 0.442. The van der Waals surface area contributed by atoms with E-state index in [-0.39, 0.29) is 11.3 Å². The topological polar surface area (TPSA) is 85.0 Å². The fourth-order valence-electron chi connectivity index (χ4n) is 0.841. The fraction of sp³-hybridized carbons (Fsp3) is 1.00. The van der Waals surface area contributed by atoms with E-state index in [1.54, 1.807) is 0 Å². The Labute approximate surface area is 71.8 Å². The normalized spacial score (nSPS) is 10.8. The van der Waals surface area contributed by atoms with Crippen LogP contribution in [0.4, 0.5) is 0 Å². The lowest BCUT2D eigenvalue weighted by atomic mass is 10.3. The van der Waals surface area contributed by atoms with E-state index in [2.05, 4.69) is 5.29 Å². The Balaban J connectivity index is 3.94. The molecule has 0 aromatic rings. The largest absolute Gasteiger partial charge is 0.724 e. The van der Waals surface area contributed by atoms with Crippen molar-refractivity contribution < 1.29 is 0 Å². The summed E-state index contributed by atoms with van der Waals surface area (Å²) in [6.07, 6.45) is 0.673. The maximum Gasteiger partial charge on any atom is 0.0579 e. The summed E-state index contributed by atoms with van der Waals surface area (Å²) in [5, 5.41) is 14.4. The van der Waals surface area contributed by atoms with E-state index in [1.165, 1.54) is 5.01 Å². The summed E-state index contributed by atoms with van der Waals surface area (Å²) >= 11 is 0. The van der Waals surface area contributed by atoms with Crippen LogP contribution in [0.5, 0.6) is 0 Å². The molecule has 0 radical (unpaired) electrons. The van der Waals surface area contributed by atoms with Crippen LogP contribution in [-0.2, 0) is 0 Å². The second-order valence-electron chi connectivity index (χ2n) is 2.73. The van der Waals surface area contributed by atoms with Crippen molar-refractivity contribution in [1.29, 1.82) is 0 Å². The van der Waals surface area contributed by atoms with Crippen LogP contribution in [0.3, 0.4) is 0 Å². The Morgan fingerprint density at radius 2 is 2.17 bits per heavy atom. The van der Waals surface area contributed by atoms with Crippen molar-refractivity contribution in [3.05, 3.63) is 10.1 Å². The average molecular weight is 175 g/mol. The van der Waals surface area contributed by atoms with Crippen LogP contribution in [0, 0.1) is 10.1 Å². The molecular formula is C6H15N4O2-. The first kappa shape index (κ1) is 11.3. The monoisotopic (exact) mass is 175 g/mol. The predicted molar refractivity (Wildman–Crippen MR) is 46.5 cm³/mol. The van der Waals surface area contributed by atoms with E-state index in [1.807, 2.05) is 13.8 Å². The molecule has 0 aromatic carbocycles. The maximum atomic E-state index is 10.8. The van der Waals surface area contributed by atoms with Gasteiger partial charge in [-0.05, 0) is 26.8 Å². The van der Waals surface area contributed by atoms with Crippen LogP contribution in [0.1, 0.15) is 20.3 Å². The van der Waals surface area contributed by atoms with E-state index >= 15 is 0 Å². The van der Waals surface area contributed by atoms with E-state index in [4.69, 9.17) is 5.73 Å². The summed E-state index contributed by atoms with van der Waals surface area (Å²) in [7, 11) is 0. The second kappa shape index (κ2) is 5.87. The van der Waals surface area contributed by atoms with Crippen molar-refractivity contribution in [3.63, 3.8) is 0 Å². The third kappa shape index (κ3) is 3.61. The highest BCUT2D eigenvalue weighted by Gasteiger charge is 2.09. The number of rotatable bonds is 6. The molecule has 0 spiro atoms. The number of hydrazine groups is 1. The third-order valence-electron chi connectivity index (χ3n) is 1.48. The average Bonchev–Trinajstić information content (AvgIpc) is 2.04. The van der Waals surface area contributed by atoms with Crippen molar-refractivity contribution in [1.82, 2.24) is 10.3 Å². The molecule has 0 heterocycles. The summed E-state index contributed by atoms with van der Waals surface area (Å²) in [4.78, 5) is 9.90. The van der Waals surface area contributed by atoms with Gasteiger partial charge >= 0.3 is 0 Å². The highest BCUT2D eigenvalue weighted by atomic mass is 16.6. The molecule has 12 heavy (non-hydrogen) atoms. The lowest BCUT2D eigenvalue weighted by Gasteiger charge is -2.36. The summed E-state index contributed by atoms with van der Waals surface area (Å²) in [6, 6.07) is -0.0354. The molecule has 0 rings (SSSR count). The minimum Gasteiger partial charge on any atom is -0.724 e. The zero-order valence-corrected chi connectivity index (χ0v) is 7.43. The molecule has 0 aliphatic carbocycles. The summed E-state index contributed by atoms with van der Waals surface area (Å²) in [6.45, 7) is 4.58. The molecule has 6 heteroatoms. The molecule has 0 amide bonds. The molecule has 0 aliphatic heterocycles. The molecule has 6 nitrogen and oxygen atoms in total. The maximum absolute atomic E-state index is 10.8. The Morgan fingerprint density at radius 1 is 1.58 bits per heavy atom. The van der Waals surface area contributed by atoms with Crippen molar-refractivity contribution >= 4 is 0 Å². The van der Waals surface area contributed by atoms with Crippen molar-refractivity contribution in [2.75, 3.05) is 13.1 Å².